The van der Waals surface area contributed by atoms with Crippen LogP contribution in [0.4, 0.5) is 5.69 Å². The van der Waals surface area contributed by atoms with E-state index in [0.29, 0.717) is 17.9 Å². The van der Waals surface area contributed by atoms with Gasteiger partial charge in [-0.15, -0.1) is 0 Å². The summed E-state index contributed by atoms with van der Waals surface area (Å²) in [6, 6.07) is 18.1. The lowest BCUT2D eigenvalue weighted by atomic mass is 10.0. The summed E-state index contributed by atoms with van der Waals surface area (Å²) in [6.45, 7) is 10.4. The molecule has 4 rings (SSSR count). The number of fused-ring (bicyclic) bond motifs is 1. The highest BCUT2D eigenvalue weighted by molar-refractivity contribution is 7.87. The van der Waals surface area contributed by atoms with Gasteiger partial charge in [-0.05, 0) is 53.9 Å². The molecular formula is C31H43N3O6S. The minimum absolute atomic E-state index is 0.0272. The molecule has 0 radical (unpaired) electrons. The molecular weight excluding hydrogens is 542 g/mol. The van der Waals surface area contributed by atoms with Gasteiger partial charge in [0, 0.05) is 43.3 Å². The fourth-order valence-corrected chi connectivity index (χ4v) is 4.75. The number of aliphatic hydroxyl groups is 3. The average Bonchev–Trinajstić information content (AvgIpc) is 3.44. The molecule has 224 valence electrons. The summed E-state index contributed by atoms with van der Waals surface area (Å²) in [4.78, 5) is 2.40. The number of nitriles is 1. The molecule has 4 atom stereocenters. The third-order valence-corrected chi connectivity index (χ3v) is 6.89. The maximum atomic E-state index is 11.3. The van der Waals surface area contributed by atoms with Crippen molar-refractivity contribution in [3.05, 3.63) is 59.2 Å². The molecule has 3 aromatic rings. The quantitative estimate of drug-likeness (QED) is 0.254. The van der Waals surface area contributed by atoms with Crippen LogP contribution in [0.3, 0.4) is 0 Å². The van der Waals surface area contributed by atoms with Crippen molar-refractivity contribution in [1.82, 2.24) is 0 Å². The second-order valence-electron chi connectivity index (χ2n) is 9.37. The largest absolute Gasteiger partial charge is 0.457 e. The van der Waals surface area contributed by atoms with Crippen LogP contribution in [-0.4, -0.2) is 57.7 Å². The summed E-state index contributed by atoms with van der Waals surface area (Å²) in [5.41, 5.74) is 2.19. The molecule has 2 aromatic carbocycles. The molecule has 9 nitrogen and oxygen atoms in total. The molecule has 41 heavy (non-hydrogen) atoms. The van der Waals surface area contributed by atoms with Crippen molar-refractivity contribution in [1.29, 1.82) is 5.26 Å². The third kappa shape index (κ3) is 10.4. The maximum absolute atomic E-state index is 11.3. The molecule has 0 spiro atoms. The molecule has 0 aliphatic carbocycles. The smallest absolute Gasteiger partial charge is 0.157 e. The lowest BCUT2D eigenvalue weighted by Crippen LogP contribution is -2.37. The average molecular weight is 586 g/mol. The number of hydrogen-bond donors (Lipinski definition) is 4. The fraction of sp³-hybridized carbons (Fsp3) is 0.452. The van der Waals surface area contributed by atoms with Gasteiger partial charge in [-0.3, -0.25) is 0 Å². The summed E-state index contributed by atoms with van der Waals surface area (Å²) in [7, 11) is -1.83. The molecule has 4 unspecified atom stereocenters. The number of furan rings is 1. The van der Waals surface area contributed by atoms with Crippen LogP contribution in [0.25, 0.3) is 28.2 Å². The monoisotopic (exact) mass is 585 g/mol. The Labute approximate surface area is 245 Å². The SMILES string of the molecule is CC.CCCN(CCC)c1ccc2cc(-c3ccc(/C=C(\C#N)S(N)=O)o3)ccc2c1.OCC1CC(O)CC(O)O1. The first-order valence-electron chi connectivity index (χ1n) is 14.1. The van der Waals surface area contributed by atoms with Crippen LogP contribution in [0.5, 0.6) is 0 Å². The van der Waals surface area contributed by atoms with Crippen molar-refractivity contribution in [3.63, 3.8) is 0 Å². The van der Waals surface area contributed by atoms with Gasteiger partial charge in [0.15, 0.2) is 6.29 Å². The van der Waals surface area contributed by atoms with Crippen LogP contribution in [0.1, 0.15) is 59.1 Å². The van der Waals surface area contributed by atoms with E-state index in [1.807, 2.05) is 32.0 Å². The lowest BCUT2D eigenvalue weighted by molar-refractivity contribution is -0.197. The Morgan fingerprint density at radius 2 is 1.73 bits per heavy atom. The summed E-state index contributed by atoms with van der Waals surface area (Å²) in [5.74, 6) is 1.13. The molecule has 10 heteroatoms. The van der Waals surface area contributed by atoms with Crippen molar-refractivity contribution in [2.75, 3.05) is 24.6 Å². The molecule has 0 amide bonds. The zero-order valence-corrected chi connectivity index (χ0v) is 25.1. The highest BCUT2D eigenvalue weighted by atomic mass is 32.2. The fourth-order valence-electron chi connectivity index (χ4n) is 4.43. The molecule has 0 saturated carbocycles. The second kappa shape index (κ2) is 17.7. The number of benzene rings is 2. The number of hydrogen-bond acceptors (Lipinski definition) is 8. The van der Waals surface area contributed by atoms with Crippen molar-refractivity contribution in [2.45, 2.75) is 71.9 Å². The van der Waals surface area contributed by atoms with Gasteiger partial charge in [0.25, 0.3) is 0 Å². The van der Waals surface area contributed by atoms with Crippen LogP contribution in [0, 0.1) is 11.3 Å². The van der Waals surface area contributed by atoms with Gasteiger partial charge in [-0.2, -0.15) is 5.26 Å². The van der Waals surface area contributed by atoms with Crippen molar-refractivity contribution in [2.24, 2.45) is 5.14 Å². The van der Waals surface area contributed by atoms with Crippen LogP contribution in [0.2, 0.25) is 0 Å². The van der Waals surface area contributed by atoms with E-state index >= 15 is 0 Å². The van der Waals surface area contributed by atoms with Gasteiger partial charge in [0.2, 0.25) is 0 Å². The van der Waals surface area contributed by atoms with Crippen LogP contribution < -0.4 is 10.0 Å². The highest BCUT2D eigenvalue weighted by Crippen LogP contribution is 2.29. The Balaban J connectivity index is 0.000000410. The Morgan fingerprint density at radius 3 is 2.32 bits per heavy atom. The first kappa shape index (κ1) is 34.2. The molecule has 5 N–H and O–H groups in total. The standard InChI is InChI=1S/C23H25N3O2S.C6H12O4.C2H6/c1-3-11-26(12-4-2)20-8-7-17-13-19(6-5-18(17)14-20)23-10-9-21(28-23)15-22(16-24)29(25)27;7-3-5-1-4(8)2-6(9)10-5;1-2/h5-10,13-15H,3-4,11-12,25H2,1-2H3;4-9H,1-3H2;1-2H3/b22-15+;;. The van der Waals surface area contributed by atoms with Gasteiger partial charge in [-0.1, -0.05) is 45.9 Å². The molecule has 1 aliphatic heterocycles. The van der Waals surface area contributed by atoms with Crippen molar-refractivity contribution < 1.29 is 28.7 Å². The van der Waals surface area contributed by atoms with Gasteiger partial charge >= 0.3 is 0 Å². The first-order chi connectivity index (χ1) is 19.8. The van der Waals surface area contributed by atoms with Gasteiger partial charge in [-0.25, -0.2) is 9.35 Å². The van der Waals surface area contributed by atoms with E-state index in [-0.39, 0.29) is 17.9 Å². The molecule has 2 heterocycles. The van der Waals surface area contributed by atoms with Gasteiger partial charge < -0.3 is 29.4 Å². The second-order valence-corrected chi connectivity index (χ2v) is 10.4. The zero-order chi connectivity index (χ0) is 30.4. The van der Waals surface area contributed by atoms with Crippen LogP contribution >= 0.6 is 0 Å². The topological polar surface area (TPSA) is 153 Å². The third-order valence-electron chi connectivity index (χ3n) is 6.25. The van der Waals surface area contributed by atoms with E-state index in [2.05, 4.69) is 49.1 Å². The van der Waals surface area contributed by atoms with Crippen molar-refractivity contribution >= 4 is 33.5 Å². The van der Waals surface area contributed by atoms with Crippen LogP contribution in [-0.2, 0) is 15.7 Å². The number of aliphatic hydroxyl groups excluding tert-OH is 3. The van der Waals surface area contributed by atoms with Gasteiger partial charge in [0.05, 0.1) is 18.8 Å². The molecule has 1 saturated heterocycles. The van der Waals surface area contributed by atoms with Crippen molar-refractivity contribution in [3.8, 4) is 17.4 Å². The number of nitrogens with zero attached hydrogens (tertiary/aromatic N) is 2. The number of anilines is 1. The molecule has 1 aliphatic rings. The molecule has 1 fully saturated rings. The summed E-state index contributed by atoms with van der Waals surface area (Å²) >= 11 is 0. The normalized spacial score (nSPS) is 19.3. The Kier molecular flexibility index (Phi) is 14.8. The van der Waals surface area contributed by atoms with E-state index in [0.717, 1.165) is 36.9 Å². The highest BCUT2D eigenvalue weighted by Gasteiger charge is 2.26. The summed E-state index contributed by atoms with van der Waals surface area (Å²) in [5, 5.41) is 43.1. The Morgan fingerprint density at radius 1 is 1.07 bits per heavy atom. The number of ether oxygens (including phenoxy) is 1. The van der Waals surface area contributed by atoms with E-state index < -0.39 is 29.5 Å². The predicted octanol–water partition coefficient (Wildman–Crippen LogP) is 5.08. The Hall–Kier alpha value is -3.04. The zero-order valence-electron chi connectivity index (χ0n) is 24.3. The molecule has 0 bridgehead atoms. The van der Waals surface area contributed by atoms with Gasteiger partial charge in [0.1, 0.15) is 33.5 Å². The maximum Gasteiger partial charge on any atom is 0.157 e. The summed E-state index contributed by atoms with van der Waals surface area (Å²) < 4.78 is 22.0. The van der Waals surface area contributed by atoms with E-state index in [1.54, 1.807) is 6.07 Å². The van der Waals surface area contributed by atoms with E-state index in [1.165, 1.54) is 17.1 Å². The number of rotatable bonds is 9. The summed E-state index contributed by atoms with van der Waals surface area (Å²) in [6.07, 6.45) is 2.45. The van der Waals surface area contributed by atoms with Crippen LogP contribution in [0.15, 0.2) is 57.9 Å². The number of allylic oxidation sites excluding steroid dienone is 1. The molecule has 1 aromatic heterocycles. The van der Waals surface area contributed by atoms with E-state index in [9.17, 15) is 4.21 Å². The minimum Gasteiger partial charge on any atom is -0.457 e. The minimum atomic E-state index is -1.83. The Bertz CT molecular complexity index is 1300. The predicted molar refractivity (Wildman–Crippen MR) is 165 cm³/mol. The number of nitrogens with two attached hydrogens (primary N) is 1. The lowest BCUT2D eigenvalue weighted by Gasteiger charge is -2.28. The van der Waals surface area contributed by atoms with E-state index in [4.69, 9.17) is 34.9 Å². The first-order valence-corrected chi connectivity index (χ1v) is 15.3.